The van der Waals surface area contributed by atoms with Gasteiger partial charge in [-0.1, -0.05) is 13.8 Å². The average Bonchev–Trinajstić information content (AvgIpc) is 3.14. The molecular weight excluding hydrogens is 326 g/mol. The lowest BCUT2D eigenvalue weighted by Gasteiger charge is -2.15. The van der Waals surface area contributed by atoms with Crippen molar-refractivity contribution in [2.75, 3.05) is 13.1 Å². The van der Waals surface area contributed by atoms with Gasteiger partial charge in [0.1, 0.15) is 10.6 Å². The molecule has 7 heteroatoms. The molecule has 24 heavy (non-hydrogen) atoms. The number of nitrogens with zero attached hydrogens (tertiary/aromatic N) is 2. The molecule has 1 amide bonds. The van der Waals surface area contributed by atoms with Crippen LogP contribution >= 0.6 is 0 Å². The number of aromatic nitrogens is 1. The lowest BCUT2D eigenvalue weighted by molar-refractivity contribution is 0.0929. The van der Waals surface area contributed by atoms with Crippen molar-refractivity contribution in [3.8, 4) is 0 Å². The SMILES string of the molecule is CC(C)CCC(C)NC(=O)c1cc(S(=O)(=O)N2CCCC2)cn1C. The topological polar surface area (TPSA) is 71.4 Å². The molecular formula is C17H29N3O3S. The molecule has 2 heterocycles. The Kier molecular flexibility index (Phi) is 6.09. The molecule has 0 bridgehead atoms. The first-order valence-electron chi connectivity index (χ1n) is 8.69. The van der Waals surface area contributed by atoms with E-state index in [1.165, 1.54) is 16.6 Å². The highest BCUT2D eigenvalue weighted by Gasteiger charge is 2.29. The summed E-state index contributed by atoms with van der Waals surface area (Å²) in [4.78, 5) is 12.6. The second-order valence-electron chi connectivity index (χ2n) is 7.13. The van der Waals surface area contributed by atoms with Crippen molar-refractivity contribution in [3.63, 3.8) is 0 Å². The zero-order chi connectivity index (χ0) is 17.9. The number of rotatable bonds is 7. The van der Waals surface area contributed by atoms with Crippen LogP contribution in [0, 0.1) is 5.92 Å². The minimum atomic E-state index is -3.49. The maximum atomic E-state index is 12.6. The number of nitrogens with one attached hydrogen (secondary N) is 1. The first-order chi connectivity index (χ1) is 11.2. The van der Waals surface area contributed by atoms with Crippen molar-refractivity contribution >= 4 is 15.9 Å². The van der Waals surface area contributed by atoms with Crippen LogP contribution in [0.25, 0.3) is 0 Å². The molecule has 0 aromatic carbocycles. The van der Waals surface area contributed by atoms with E-state index in [1.54, 1.807) is 11.6 Å². The maximum absolute atomic E-state index is 12.6. The molecule has 1 atom stereocenters. The van der Waals surface area contributed by atoms with E-state index in [1.807, 2.05) is 6.92 Å². The molecule has 6 nitrogen and oxygen atoms in total. The molecule has 1 aromatic heterocycles. The Balaban J connectivity index is 2.09. The van der Waals surface area contributed by atoms with Crippen LogP contribution in [0.1, 0.15) is 56.9 Å². The minimum absolute atomic E-state index is 0.0634. The third kappa shape index (κ3) is 4.39. The molecule has 0 aliphatic carbocycles. The molecule has 1 aliphatic heterocycles. The van der Waals surface area contributed by atoms with Gasteiger partial charge in [0.2, 0.25) is 10.0 Å². The van der Waals surface area contributed by atoms with E-state index in [4.69, 9.17) is 0 Å². The van der Waals surface area contributed by atoms with Crippen LogP contribution in [0.15, 0.2) is 17.2 Å². The monoisotopic (exact) mass is 355 g/mol. The van der Waals surface area contributed by atoms with Crippen LogP contribution in [0.3, 0.4) is 0 Å². The van der Waals surface area contributed by atoms with Gasteiger partial charge in [-0.3, -0.25) is 4.79 Å². The molecule has 0 spiro atoms. The molecule has 136 valence electrons. The number of hydrogen-bond donors (Lipinski definition) is 1. The Hall–Kier alpha value is -1.34. The summed E-state index contributed by atoms with van der Waals surface area (Å²) in [6, 6.07) is 1.55. The van der Waals surface area contributed by atoms with E-state index < -0.39 is 10.0 Å². The zero-order valence-corrected chi connectivity index (χ0v) is 15.9. The second-order valence-corrected chi connectivity index (χ2v) is 9.07. The van der Waals surface area contributed by atoms with Crippen molar-refractivity contribution in [1.82, 2.24) is 14.2 Å². The number of aryl methyl sites for hydroxylation is 1. The first-order valence-corrected chi connectivity index (χ1v) is 10.1. The second kappa shape index (κ2) is 7.70. The summed E-state index contributed by atoms with van der Waals surface area (Å²) >= 11 is 0. The molecule has 1 aromatic rings. The van der Waals surface area contributed by atoms with Crippen molar-refractivity contribution in [2.45, 2.75) is 57.4 Å². The van der Waals surface area contributed by atoms with Crippen molar-refractivity contribution in [3.05, 3.63) is 18.0 Å². The summed E-state index contributed by atoms with van der Waals surface area (Å²) in [6.45, 7) is 7.41. The van der Waals surface area contributed by atoms with Crippen LogP contribution in [0.2, 0.25) is 0 Å². The highest BCUT2D eigenvalue weighted by atomic mass is 32.2. The van der Waals surface area contributed by atoms with Crippen LogP contribution < -0.4 is 5.32 Å². The van der Waals surface area contributed by atoms with Gasteiger partial charge in [0.25, 0.3) is 5.91 Å². The molecule has 1 aliphatic rings. The molecule has 1 fully saturated rings. The van der Waals surface area contributed by atoms with Crippen molar-refractivity contribution in [2.24, 2.45) is 13.0 Å². The van der Waals surface area contributed by atoms with Crippen LogP contribution in [0.5, 0.6) is 0 Å². The summed E-state index contributed by atoms with van der Waals surface area (Å²) in [5.74, 6) is 0.369. The van der Waals surface area contributed by atoms with Gasteiger partial charge in [-0.25, -0.2) is 8.42 Å². The van der Waals surface area contributed by atoms with Gasteiger partial charge in [0, 0.05) is 32.4 Å². The first kappa shape index (κ1) is 19.0. The highest BCUT2D eigenvalue weighted by molar-refractivity contribution is 7.89. The minimum Gasteiger partial charge on any atom is -0.348 e. The fraction of sp³-hybridized carbons (Fsp3) is 0.706. The lowest BCUT2D eigenvalue weighted by atomic mass is 10.0. The van der Waals surface area contributed by atoms with Gasteiger partial charge in [-0.2, -0.15) is 4.31 Å². The lowest BCUT2D eigenvalue weighted by Crippen LogP contribution is -2.33. The Morgan fingerprint density at radius 3 is 2.42 bits per heavy atom. The number of carbonyl (C=O) groups excluding carboxylic acids is 1. The normalized spacial score (nSPS) is 17.4. The number of hydrogen-bond acceptors (Lipinski definition) is 3. The summed E-state index contributed by atoms with van der Waals surface area (Å²) in [7, 11) is -1.79. The largest absolute Gasteiger partial charge is 0.348 e. The standard InChI is InChI=1S/C17H29N3O3S/c1-13(2)7-8-14(3)18-17(21)16-11-15(12-19(16)4)24(22,23)20-9-5-6-10-20/h11-14H,5-10H2,1-4H3,(H,18,21). The summed E-state index contributed by atoms with van der Waals surface area (Å²) in [5.41, 5.74) is 0.379. The van der Waals surface area contributed by atoms with E-state index in [0.29, 0.717) is 24.7 Å². The van der Waals surface area contributed by atoms with E-state index in [-0.39, 0.29) is 16.8 Å². The van der Waals surface area contributed by atoms with E-state index in [2.05, 4.69) is 19.2 Å². The molecule has 1 saturated heterocycles. The molecule has 0 radical (unpaired) electrons. The third-order valence-electron chi connectivity index (χ3n) is 4.47. The maximum Gasteiger partial charge on any atom is 0.268 e. The van der Waals surface area contributed by atoms with E-state index in [9.17, 15) is 13.2 Å². The number of amides is 1. The average molecular weight is 356 g/mol. The van der Waals surface area contributed by atoms with Gasteiger partial charge in [-0.05, 0) is 44.6 Å². The Morgan fingerprint density at radius 1 is 1.21 bits per heavy atom. The van der Waals surface area contributed by atoms with Gasteiger partial charge >= 0.3 is 0 Å². The molecule has 1 N–H and O–H groups in total. The summed E-state index contributed by atoms with van der Waals surface area (Å²) < 4.78 is 28.3. The summed E-state index contributed by atoms with van der Waals surface area (Å²) in [6.07, 6.45) is 5.27. The predicted octanol–water partition coefficient (Wildman–Crippen LogP) is 2.36. The Bertz CT molecular complexity index is 673. The predicted molar refractivity (Wildman–Crippen MR) is 94.4 cm³/mol. The molecule has 2 rings (SSSR count). The number of sulfonamides is 1. The third-order valence-corrected chi connectivity index (χ3v) is 6.33. The van der Waals surface area contributed by atoms with Crippen molar-refractivity contribution in [1.29, 1.82) is 0 Å². The van der Waals surface area contributed by atoms with Gasteiger partial charge in [0.05, 0.1) is 0 Å². The quantitative estimate of drug-likeness (QED) is 0.816. The fourth-order valence-electron chi connectivity index (χ4n) is 2.93. The summed E-state index contributed by atoms with van der Waals surface area (Å²) in [5, 5.41) is 2.96. The van der Waals surface area contributed by atoms with Crippen LogP contribution in [-0.4, -0.2) is 42.3 Å². The van der Waals surface area contributed by atoms with E-state index >= 15 is 0 Å². The number of carbonyl (C=O) groups is 1. The highest BCUT2D eigenvalue weighted by Crippen LogP contribution is 2.22. The van der Waals surface area contributed by atoms with E-state index in [0.717, 1.165) is 25.7 Å². The molecule has 0 saturated carbocycles. The van der Waals surface area contributed by atoms with Gasteiger partial charge in [-0.15, -0.1) is 0 Å². The van der Waals surface area contributed by atoms with Gasteiger partial charge < -0.3 is 9.88 Å². The van der Waals surface area contributed by atoms with Gasteiger partial charge in [0.15, 0.2) is 0 Å². The van der Waals surface area contributed by atoms with Crippen molar-refractivity contribution < 1.29 is 13.2 Å². The van der Waals surface area contributed by atoms with Crippen LogP contribution in [0.4, 0.5) is 0 Å². The smallest absolute Gasteiger partial charge is 0.268 e. The molecule has 1 unspecified atom stereocenters. The Labute approximate surface area is 145 Å². The zero-order valence-electron chi connectivity index (χ0n) is 15.1. The fourth-order valence-corrected chi connectivity index (χ4v) is 4.52. The Morgan fingerprint density at radius 2 is 1.83 bits per heavy atom. The van der Waals surface area contributed by atoms with Crippen LogP contribution in [-0.2, 0) is 17.1 Å².